The number of esters is 1. The summed E-state index contributed by atoms with van der Waals surface area (Å²) >= 11 is 0. The fourth-order valence-electron chi connectivity index (χ4n) is 5.09. The summed E-state index contributed by atoms with van der Waals surface area (Å²) in [6.07, 6.45) is 8.00. The molecule has 1 saturated heterocycles. The minimum absolute atomic E-state index is 0.0171. The van der Waals surface area contributed by atoms with E-state index in [9.17, 15) is 9.59 Å². The molecule has 0 bridgehead atoms. The molecule has 0 radical (unpaired) electrons. The van der Waals surface area contributed by atoms with Gasteiger partial charge in [-0.15, -0.1) is 0 Å². The minimum Gasteiger partial charge on any atom is -0.459 e. The number of hydrogen-bond donors (Lipinski definition) is 1. The summed E-state index contributed by atoms with van der Waals surface area (Å²) in [7, 11) is 0. The van der Waals surface area contributed by atoms with E-state index in [1.54, 1.807) is 6.92 Å². The van der Waals surface area contributed by atoms with Crippen LogP contribution in [0.25, 0.3) is 0 Å². The lowest BCUT2D eigenvalue weighted by atomic mass is 9.85. The number of carbonyl (C=O) groups excluding carboxylic acids is 2. The van der Waals surface area contributed by atoms with Gasteiger partial charge in [0, 0.05) is 25.6 Å². The van der Waals surface area contributed by atoms with Gasteiger partial charge in [-0.1, -0.05) is 69.2 Å². The van der Waals surface area contributed by atoms with E-state index in [0.29, 0.717) is 18.9 Å². The molecule has 184 valence electrons. The molecule has 1 heterocycles. The zero-order chi connectivity index (χ0) is 24.6. The first-order chi connectivity index (χ1) is 15.6. The standard InChI is InChI=1S/C28H44N2O3/c1-8-14-23-18-25(27(32)33-28(5,6)7)30(19-22-15-12-11-13-16-22)26(23)24(29-20(4)31)17-21(9-2)10-3/h8,11-16,21,23-26H,9-10,17-19H2,1-7H3,(H,29,31)/t23-,24+,25-,26-/m1/s1. The van der Waals surface area contributed by atoms with Crippen LogP contribution in [0.1, 0.15) is 79.7 Å². The molecule has 1 aliphatic heterocycles. The van der Waals surface area contributed by atoms with Crippen molar-refractivity contribution in [3.05, 3.63) is 48.0 Å². The van der Waals surface area contributed by atoms with Crippen LogP contribution in [0, 0.1) is 11.8 Å². The van der Waals surface area contributed by atoms with Crippen LogP contribution in [0.5, 0.6) is 0 Å². The largest absolute Gasteiger partial charge is 0.459 e. The molecule has 0 saturated carbocycles. The van der Waals surface area contributed by atoms with Crippen molar-refractivity contribution < 1.29 is 14.3 Å². The van der Waals surface area contributed by atoms with Gasteiger partial charge in [-0.3, -0.25) is 14.5 Å². The Morgan fingerprint density at radius 3 is 2.33 bits per heavy atom. The molecule has 1 aliphatic rings. The highest BCUT2D eigenvalue weighted by molar-refractivity contribution is 5.77. The molecule has 5 heteroatoms. The Kier molecular flexibility index (Phi) is 10.2. The molecule has 0 aliphatic carbocycles. The molecule has 1 N–H and O–H groups in total. The van der Waals surface area contributed by atoms with Crippen molar-refractivity contribution in [3.63, 3.8) is 0 Å². The summed E-state index contributed by atoms with van der Waals surface area (Å²) in [5.74, 6) is 0.472. The molecular formula is C28H44N2O3. The Bertz CT molecular complexity index is 780. The van der Waals surface area contributed by atoms with Gasteiger partial charge in [0.05, 0.1) is 0 Å². The molecule has 5 nitrogen and oxygen atoms in total. The Hall–Kier alpha value is -2.14. The van der Waals surface area contributed by atoms with Crippen LogP contribution in [-0.4, -0.2) is 40.5 Å². The Morgan fingerprint density at radius 2 is 1.82 bits per heavy atom. The van der Waals surface area contributed by atoms with Crippen molar-refractivity contribution in [2.24, 2.45) is 11.8 Å². The maximum Gasteiger partial charge on any atom is 0.323 e. The van der Waals surface area contributed by atoms with Crippen LogP contribution < -0.4 is 5.32 Å². The molecule has 0 unspecified atom stereocenters. The Labute approximate surface area is 201 Å². The fraction of sp³-hybridized carbons (Fsp3) is 0.643. The third-order valence-corrected chi connectivity index (χ3v) is 6.59. The summed E-state index contributed by atoms with van der Waals surface area (Å²) in [4.78, 5) is 27.9. The van der Waals surface area contributed by atoms with Crippen LogP contribution in [0.4, 0.5) is 0 Å². The van der Waals surface area contributed by atoms with Gasteiger partial charge in [0.1, 0.15) is 11.6 Å². The van der Waals surface area contributed by atoms with E-state index >= 15 is 0 Å². The number of likely N-dealkylation sites (tertiary alicyclic amines) is 1. The van der Waals surface area contributed by atoms with Gasteiger partial charge in [-0.25, -0.2) is 0 Å². The number of benzene rings is 1. The Balaban J connectivity index is 2.50. The maximum atomic E-state index is 13.4. The second kappa shape index (κ2) is 12.4. The van der Waals surface area contributed by atoms with Crippen LogP contribution in [0.2, 0.25) is 0 Å². The van der Waals surface area contributed by atoms with Crippen LogP contribution in [0.15, 0.2) is 42.5 Å². The zero-order valence-electron chi connectivity index (χ0n) is 21.6. The lowest BCUT2D eigenvalue weighted by molar-refractivity contribution is -0.161. The minimum atomic E-state index is -0.545. The Morgan fingerprint density at radius 1 is 1.18 bits per heavy atom. The summed E-state index contributed by atoms with van der Waals surface area (Å²) in [5, 5.41) is 3.27. The van der Waals surface area contributed by atoms with Gasteiger partial charge in [0.25, 0.3) is 0 Å². The van der Waals surface area contributed by atoms with Crippen molar-refractivity contribution >= 4 is 11.9 Å². The lowest BCUT2D eigenvalue weighted by Gasteiger charge is -2.38. The average molecular weight is 457 g/mol. The predicted octanol–water partition coefficient (Wildman–Crippen LogP) is 5.49. The molecule has 4 atom stereocenters. The van der Waals surface area contributed by atoms with E-state index in [4.69, 9.17) is 4.74 Å². The van der Waals surface area contributed by atoms with Crippen LogP contribution >= 0.6 is 0 Å². The second-order valence-electron chi connectivity index (χ2n) is 10.3. The first-order valence-corrected chi connectivity index (χ1v) is 12.5. The fourth-order valence-corrected chi connectivity index (χ4v) is 5.09. The second-order valence-corrected chi connectivity index (χ2v) is 10.3. The first kappa shape index (κ1) is 27.1. The first-order valence-electron chi connectivity index (χ1n) is 12.5. The number of amides is 1. The molecule has 1 aromatic rings. The third kappa shape index (κ3) is 7.99. The number of carbonyl (C=O) groups is 2. The van der Waals surface area contributed by atoms with Crippen molar-refractivity contribution in [1.29, 1.82) is 0 Å². The van der Waals surface area contributed by atoms with Gasteiger partial charge in [-0.2, -0.15) is 0 Å². The quantitative estimate of drug-likeness (QED) is 0.373. The van der Waals surface area contributed by atoms with Crippen LogP contribution in [-0.2, 0) is 20.9 Å². The number of rotatable bonds is 10. The predicted molar refractivity (Wildman–Crippen MR) is 135 cm³/mol. The van der Waals surface area contributed by atoms with Crippen LogP contribution in [0.3, 0.4) is 0 Å². The van der Waals surface area contributed by atoms with E-state index in [0.717, 1.165) is 24.8 Å². The summed E-state index contributed by atoms with van der Waals surface area (Å²) < 4.78 is 5.86. The van der Waals surface area contributed by atoms with Gasteiger partial charge < -0.3 is 10.1 Å². The van der Waals surface area contributed by atoms with E-state index < -0.39 is 5.60 Å². The monoisotopic (exact) mass is 456 g/mol. The highest BCUT2D eigenvalue weighted by Crippen LogP contribution is 2.38. The number of ether oxygens (including phenoxy) is 1. The molecule has 1 aromatic carbocycles. The topological polar surface area (TPSA) is 58.6 Å². The highest BCUT2D eigenvalue weighted by atomic mass is 16.6. The zero-order valence-corrected chi connectivity index (χ0v) is 21.6. The van der Waals surface area contributed by atoms with Crippen molar-refractivity contribution in [2.75, 3.05) is 0 Å². The van der Waals surface area contributed by atoms with Gasteiger partial charge in [-0.05, 0) is 57.9 Å². The third-order valence-electron chi connectivity index (χ3n) is 6.59. The molecule has 0 spiro atoms. The molecule has 0 aromatic heterocycles. The molecule has 33 heavy (non-hydrogen) atoms. The highest BCUT2D eigenvalue weighted by Gasteiger charge is 2.48. The molecular weight excluding hydrogens is 412 g/mol. The van der Waals surface area contributed by atoms with Crippen molar-refractivity contribution in [3.8, 4) is 0 Å². The normalized spacial score (nSPS) is 22.6. The number of allylic oxidation sites excluding steroid dienone is 1. The van der Waals surface area contributed by atoms with E-state index in [1.165, 1.54) is 0 Å². The van der Waals surface area contributed by atoms with E-state index in [-0.39, 0.29) is 35.9 Å². The maximum absolute atomic E-state index is 13.4. The lowest BCUT2D eigenvalue weighted by Crippen LogP contribution is -2.54. The van der Waals surface area contributed by atoms with Crippen molar-refractivity contribution in [1.82, 2.24) is 10.2 Å². The average Bonchev–Trinajstić information content (AvgIpc) is 3.08. The summed E-state index contributed by atoms with van der Waals surface area (Å²) in [6.45, 7) is 14.4. The smallest absolute Gasteiger partial charge is 0.323 e. The number of hydrogen-bond acceptors (Lipinski definition) is 4. The molecule has 2 rings (SSSR count). The summed E-state index contributed by atoms with van der Waals surface area (Å²) in [5.41, 5.74) is 0.609. The molecule has 1 amide bonds. The van der Waals surface area contributed by atoms with Gasteiger partial charge in [0.15, 0.2) is 0 Å². The van der Waals surface area contributed by atoms with Gasteiger partial charge in [0.2, 0.25) is 5.91 Å². The van der Waals surface area contributed by atoms with Crippen molar-refractivity contribution in [2.45, 2.75) is 104 Å². The molecule has 1 fully saturated rings. The summed E-state index contributed by atoms with van der Waals surface area (Å²) in [6, 6.07) is 9.89. The number of nitrogens with one attached hydrogen (secondary N) is 1. The van der Waals surface area contributed by atoms with Gasteiger partial charge >= 0.3 is 5.97 Å². The SMILES string of the molecule is CC=C[C@@H]1C[C@H](C(=O)OC(C)(C)C)N(Cc2ccccc2)[C@H]1[C@H](CC(CC)CC)NC(C)=O. The van der Waals surface area contributed by atoms with E-state index in [2.05, 4.69) is 48.3 Å². The van der Waals surface area contributed by atoms with E-state index in [1.807, 2.05) is 45.9 Å². The number of nitrogens with zero attached hydrogens (tertiary/aromatic N) is 1.